The van der Waals surface area contributed by atoms with Gasteiger partial charge in [-0.1, -0.05) is 19.1 Å². The molecule has 0 saturated carbocycles. The van der Waals surface area contributed by atoms with Gasteiger partial charge in [-0.2, -0.15) is 0 Å². The summed E-state index contributed by atoms with van der Waals surface area (Å²) >= 11 is 0. The maximum Gasteiger partial charge on any atom is 0.251 e. The maximum absolute atomic E-state index is 12.4. The first-order valence-corrected chi connectivity index (χ1v) is 7.92. The van der Waals surface area contributed by atoms with E-state index in [1.54, 1.807) is 6.07 Å². The van der Waals surface area contributed by atoms with Crippen LogP contribution >= 0.6 is 0 Å². The van der Waals surface area contributed by atoms with E-state index in [1.165, 1.54) is 5.56 Å². The summed E-state index contributed by atoms with van der Waals surface area (Å²) in [6.45, 7) is 2.57. The van der Waals surface area contributed by atoms with Gasteiger partial charge < -0.3 is 15.1 Å². The van der Waals surface area contributed by atoms with Crippen LogP contribution in [0.15, 0.2) is 18.2 Å². The smallest absolute Gasteiger partial charge is 0.251 e. The Balaban J connectivity index is 1.90. The molecule has 3 rings (SSSR count). The number of aliphatic hydroxyl groups is 1. The van der Waals surface area contributed by atoms with Crippen molar-refractivity contribution in [2.45, 2.75) is 57.1 Å². The number of benzene rings is 1. The lowest BCUT2D eigenvalue weighted by Gasteiger charge is -2.45. The molecule has 0 spiro atoms. The largest absolute Gasteiger partial charge is 0.508 e. The van der Waals surface area contributed by atoms with Gasteiger partial charge in [-0.3, -0.25) is 4.79 Å². The number of carbonyl (C=O) groups excluding carboxylic acids is 1. The van der Waals surface area contributed by atoms with Crippen molar-refractivity contribution < 1.29 is 15.0 Å². The van der Waals surface area contributed by atoms with Gasteiger partial charge in [0, 0.05) is 18.5 Å². The van der Waals surface area contributed by atoms with Crippen molar-refractivity contribution >= 4 is 5.91 Å². The number of carbonyl (C=O) groups is 1. The number of nitrogens with zero attached hydrogens (tertiary/aromatic N) is 1. The van der Waals surface area contributed by atoms with E-state index in [-0.39, 0.29) is 11.9 Å². The number of hydrogen-bond donors (Lipinski definition) is 2. The molecule has 4 nitrogen and oxygen atoms in total. The standard InChI is InChI=1S/C17H23NO3/c1-2-15(19)17(21)18-10-4-6-12-11-5-3-7-16(20)13(11)8-9-14(12)18/h3,5,7,12,14-15,19-20H,2,4,6,8-10H2,1H3/t12-,14-,15?/m1/s1. The number of amides is 1. The summed E-state index contributed by atoms with van der Waals surface area (Å²) in [5, 5.41) is 19.9. The number of fused-ring (bicyclic) bond motifs is 3. The highest BCUT2D eigenvalue weighted by Gasteiger charge is 2.40. The number of hydrogen-bond acceptors (Lipinski definition) is 3. The lowest BCUT2D eigenvalue weighted by atomic mass is 9.74. The van der Waals surface area contributed by atoms with Crippen LogP contribution in [-0.2, 0) is 11.2 Å². The molecule has 1 aliphatic heterocycles. The minimum Gasteiger partial charge on any atom is -0.508 e. The summed E-state index contributed by atoms with van der Waals surface area (Å²) in [4.78, 5) is 14.3. The van der Waals surface area contributed by atoms with Crippen LogP contribution in [0.1, 0.15) is 49.7 Å². The molecule has 114 valence electrons. The van der Waals surface area contributed by atoms with Gasteiger partial charge in [0.05, 0.1) is 0 Å². The fourth-order valence-corrected chi connectivity index (χ4v) is 3.92. The van der Waals surface area contributed by atoms with Crippen molar-refractivity contribution in [3.63, 3.8) is 0 Å². The number of piperidine rings is 1. The first kappa shape index (κ1) is 14.4. The molecule has 1 heterocycles. The van der Waals surface area contributed by atoms with Gasteiger partial charge in [-0.25, -0.2) is 0 Å². The van der Waals surface area contributed by atoms with E-state index >= 15 is 0 Å². The normalized spacial score (nSPS) is 25.9. The molecule has 0 aromatic heterocycles. The zero-order valence-corrected chi connectivity index (χ0v) is 12.5. The second-order valence-electron chi connectivity index (χ2n) is 6.16. The molecule has 1 fully saturated rings. The molecule has 2 N–H and O–H groups in total. The fourth-order valence-electron chi connectivity index (χ4n) is 3.92. The average molecular weight is 289 g/mol. The molecule has 1 amide bonds. The Hall–Kier alpha value is -1.55. The highest BCUT2D eigenvalue weighted by atomic mass is 16.3. The minimum absolute atomic E-state index is 0.129. The van der Waals surface area contributed by atoms with Crippen LogP contribution in [0.4, 0.5) is 0 Å². The molecule has 21 heavy (non-hydrogen) atoms. The van der Waals surface area contributed by atoms with Crippen LogP contribution in [0.2, 0.25) is 0 Å². The number of aromatic hydroxyl groups is 1. The van der Waals surface area contributed by atoms with E-state index in [4.69, 9.17) is 0 Å². The summed E-state index contributed by atoms with van der Waals surface area (Å²) in [6.07, 6.45) is 3.26. The summed E-state index contributed by atoms with van der Waals surface area (Å²) in [5.74, 6) is 0.543. The van der Waals surface area contributed by atoms with E-state index in [1.807, 2.05) is 17.9 Å². The minimum atomic E-state index is -0.880. The SMILES string of the molecule is CCC(O)C(=O)N1CCC[C@@H]2c3cccc(O)c3CC[C@H]21. The Kier molecular flexibility index (Phi) is 3.89. The van der Waals surface area contributed by atoms with E-state index < -0.39 is 6.10 Å². The van der Waals surface area contributed by atoms with Gasteiger partial charge in [0.2, 0.25) is 0 Å². The number of aliphatic hydroxyl groups excluding tert-OH is 1. The molecule has 4 heteroatoms. The Morgan fingerprint density at radius 3 is 3.00 bits per heavy atom. The molecule has 3 atom stereocenters. The third-order valence-electron chi connectivity index (χ3n) is 5.01. The Bertz CT molecular complexity index is 543. The molecule has 0 radical (unpaired) electrons. The summed E-state index contributed by atoms with van der Waals surface area (Å²) in [5.41, 5.74) is 2.24. The highest BCUT2D eigenvalue weighted by molar-refractivity contribution is 5.81. The quantitative estimate of drug-likeness (QED) is 0.877. The summed E-state index contributed by atoms with van der Waals surface area (Å²) in [7, 11) is 0. The predicted octanol–water partition coefficient (Wildman–Crippen LogP) is 2.18. The van der Waals surface area contributed by atoms with Crippen LogP contribution < -0.4 is 0 Å². The number of phenolic OH excluding ortho intramolecular Hbond substituents is 1. The Morgan fingerprint density at radius 1 is 1.43 bits per heavy atom. The predicted molar refractivity (Wildman–Crippen MR) is 80.2 cm³/mol. The number of likely N-dealkylation sites (tertiary alicyclic amines) is 1. The van der Waals surface area contributed by atoms with Crippen LogP contribution in [0, 0.1) is 0 Å². The van der Waals surface area contributed by atoms with Crippen LogP contribution in [0.5, 0.6) is 5.75 Å². The molecule has 1 aromatic carbocycles. The summed E-state index contributed by atoms with van der Waals surface area (Å²) < 4.78 is 0. The maximum atomic E-state index is 12.4. The highest BCUT2D eigenvalue weighted by Crippen LogP contribution is 2.43. The molecule has 1 aliphatic carbocycles. The Morgan fingerprint density at radius 2 is 2.24 bits per heavy atom. The monoisotopic (exact) mass is 289 g/mol. The second-order valence-corrected chi connectivity index (χ2v) is 6.16. The molecular formula is C17H23NO3. The van der Waals surface area contributed by atoms with Crippen molar-refractivity contribution in [2.24, 2.45) is 0 Å². The lowest BCUT2D eigenvalue weighted by molar-refractivity contribution is -0.145. The molecular weight excluding hydrogens is 266 g/mol. The van der Waals surface area contributed by atoms with E-state index in [2.05, 4.69) is 6.07 Å². The van der Waals surface area contributed by atoms with Gasteiger partial charge in [0.1, 0.15) is 11.9 Å². The van der Waals surface area contributed by atoms with Crippen molar-refractivity contribution in [3.05, 3.63) is 29.3 Å². The fraction of sp³-hybridized carbons (Fsp3) is 0.588. The van der Waals surface area contributed by atoms with Crippen molar-refractivity contribution in [1.29, 1.82) is 0 Å². The topological polar surface area (TPSA) is 60.8 Å². The lowest BCUT2D eigenvalue weighted by Crippen LogP contribution is -2.52. The zero-order chi connectivity index (χ0) is 15.0. The van der Waals surface area contributed by atoms with Gasteiger partial charge in [-0.15, -0.1) is 0 Å². The molecule has 2 aliphatic rings. The third-order valence-corrected chi connectivity index (χ3v) is 5.01. The Labute approximate surface area is 125 Å². The van der Waals surface area contributed by atoms with Crippen LogP contribution in [-0.4, -0.2) is 39.7 Å². The van der Waals surface area contributed by atoms with E-state index in [0.717, 1.165) is 37.8 Å². The molecule has 0 bridgehead atoms. The first-order chi connectivity index (χ1) is 10.1. The van der Waals surface area contributed by atoms with Crippen LogP contribution in [0.3, 0.4) is 0 Å². The van der Waals surface area contributed by atoms with Gasteiger partial charge >= 0.3 is 0 Å². The van der Waals surface area contributed by atoms with Crippen molar-refractivity contribution in [1.82, 2.24) is 4.90 Å². The first-order valence-electron chi connectivity index (χ1n) is 7.92. The molecule has 1 aromatic rings. The molecule has 1 unspecified atom stereocenters. The van der Waals surface area contributed by atoms with Crippen LogP contribution in [0.25, 0.3) is 0 Å². The number of phenols is 1. The number of rotatable bonds is 2. The second kappa shape index (κ2) is 5.68. The van der Waals surface area contributed by atoms with Gasteiger partial charge in [-0.05, 0) is 49.3 Å². The third kappa shape index (κ3) is 2.42. The van der Waals surface area contributed by atoms with Crippen molar-refractivity contribution in [3.8, 4) is 5.75 Å². The zero-order valence-electron chi connectivity index (χ0n) is 12.5. The van der Waals surface area contributed by atoms with Gasteiger partial charge in [0.15, 0.2) is 0 Å². The summed E-state index contributed by atoms with van der Waals surface area (Å²) in [6, 6.07) is 5.88. The van der Waals surface area contributed by atoms with Gasteiger partial charge in [0.25, 0.3) is 5.91 Å². The van der Waals surface area contributed by atoms with E-state index in [0.29, 0.717) is 18.1 Å². The average Bonchev–Trinajstić information content (AvgIpc) is 2.53. The van der Waals surface area contributed by atoms with Crippen molar-refractivity contribution in [2.75, 3.05) is 6.54 Å². The molecule has 1 saturated heterocycles. The van der Waals surface area contributed by atoms with E-state index in [9.17, 15) is 15.0 Å².